The SMILES string of the molecule is CC(C)(C#C[Si](C)(C)C)O[Si](C)(C)[Si](C)(C)C. The average molecular weight is 287 g/mol. The van der Waals surface area contributed by atoms with Gasteiger partial charge in [0.1, 0.15) is 13.7 Å². The highest BCUT2D eigenvalue weighted by molar-refractivity contribution is 7.37. The molecule has 0 aliphatic heterocycles. The number of hydrogen-bond acceptors (Lipinski definition) is 1. The highest BCUT2D eigenvalue weighted by Crippen LogP contribution is 2.25. The zero-order valence-electron chi connectivity index (χ0n) is 13.4. The van der Waals surface area contributed by atoms with Gasteiger partial charge in [-0.15, -0.1) is 5.54 Å². The van der Waals surface area contributed by atoms with Crippen molar-refractivity contribution < 1.29 is 4.43 Å². The molecule has 4 heteroatoms. The van der Waals surface area contributed by atoms with Crippen molar-refractivity contribution in [2.45, 2.75) is 71.8 Å². The summed E-state index contributed by atoms with van der Waals surface area (Å²) in [6, 6.07) is 0. The van der Waals surface area contributed by atoms with Crippen LogP contribution in [0.2, 0.25) is 52.4 Å². The molecule has 0 fully saturated rings. The standard InChI is InChI=1S/C13H30OSi3/c1-13(2,11-12-15(3,4)5)14-17(9,10)16(6,7)8/h1-10H3. The van der Waals surface area contributed by atoms with Crippen molar-refractivity contribution in [1.82, 2.24) is 0 Å². The molecule has 0 saturated heterocycles. The van der Waals surface area contributed by atoms with Crippen LogP contribution in [0.1, 0.15) is 13.8 Å². The highest BCUT2D eigenvalue weighted by atomic mass is 29.3. The van der Waals surface area contributed by atoms with Gasteiger partial charge in [-0.2, -0.15) is 0 Å². The van der Waals surface area contributed by atoms with Crippen LogP contribution in [-0.4, -0.2) is 29.1 Å². The second-order valence-electron chi connectivity index (χ2n) is 7.87. The summed E-state index contributed by atoms with van der Waals surface area (Å²) in [5, 5.41) is 0. The van der Waals surface area contributed by atoms with Crippen molar-refractivity contribution >= 4 is 23.5 Å². The van der Waals surface area contributed by atoms with Gasteiger partial charge in [0.2, 0.25) is 0 Å². The zero-order chi connectivity index (χ0) is 14.1. The fraction of sp³-hybridized carbons (Fsp3) is 0.846. The van der Waals surface area contributed by atoms with Crippen LogP contribution in [0.5, 0.6) is 0 Å². The first kappa shape index (κ1) is 17.2. The molecule has 100 valence electrons. The fourth-order valence-electron chi connectivity index (χ4n) is 1.15. The van der Waals surface area contributed by atoms with Crippen LogP contribution >= 0.6 is 0 Å². The molecule has 0 aromatic heterocycles. The number of rotatable bonds is 3. The Hall–Kier alpha value is 0.171. The van der Waals surface area contributed by atoms with E-state index in [1.165, 1.54) is 0 Å². The van der Waals surface area contributed by atoms with Gasteiger partial charge in [0.15, 0.2) is 7.83 Å². The molecule has 0 saturated carbocycles. The summed E-state index contributed by atoms with van der Waals surface area (Å²) >= 11 is 0. The zero-order valence-corrected chi connectivity index (χ0v) is 16.4. The quantitative estimate of drug-likeness (QED) is 0.556. The maximum atomic E-state index is 6.43. The second-order valence-corrected chi connectivity index (χ2v) is 28.5. The minimum atomic E-state index is -1.58. The average Bonchev–Trinajstić information content (AvgIpc) is 1.95. The Labute approximate surface area is 111 Å². The molecule has 0 aromatic rings. The smallest absolute Gasteiger partial charge is 0.175 e. The molecule has 0 unspecified atom stereocenters. The van der Waals surface area contributed by atoms with E-state index < -0.39 is 23.5 Å². The fourth-order valence-corrected chi connectivity index (χ4v) is 5.15. The van der Waals surface area contributed by atoms with E-state index >= 15 is 0 Å². The van der Waals surface area contributed by atoms with E-state index in [-0.39, 0.29) is 5.60 Å². The van der Waals surface area contributed by atoms with Gasteiger partial charge in [-0.3, -0.25) is 0 Å². The largest absolute Gasteiger partial charge is 0.405 e. The summed E-state index contributed by atoms with van der Waals surface area (Å²) in [4.78, 5) is 0. The molecule has 0 aromatic carbocycles. The lowest BCUT2D eigenvalue weighted by Crippen LogP contribution is -2.58. The third-order valence-corrected chi connectivity index (χ3v) is 19.7. The van der Waals surface area contributed by atoms with Gasteiger partial charge < -0.3 is 4.43 Å². The molecule has 17 heavy (non-hydrogen) atoms. The van der Waals surface area contributed by atoms with E-state index in [9.17, 15) is 0 Å². The topological polar surface area (TPSA) is 9.23 Å². The molecule has 0 rings (SSSR count). The van der Waals surface area contributed by atoms with E-state index in [0.29, 0.717) is 0 Å². The minimum absolute atomic E-state index is 0.281. The molecule has 0 bridgehead atoms. The van der Waals surface area contributed by atoms with Crippen LogP contribution in [0.15, 0.2) is 0 Å². The van der Waals surface area contributed by atoms with E-state index in [1.807, 2.05) is 0 Å². The summed E-state index contributed by atoms with van der Waals surface area (Å²) in [6.45, 7) is 23.0. The molecule has 0 heterocycles. The molecular weight excluding hydrogens is 256 g/mol. The summed E-state index contributed by atoms with van der Waals surface area (Å²) < 4.78 is 6.43. The van der Waals surface area contributed by atoms with Crippen LogP contribution in [0.25, 0.3) is 0 Å². The van der Waals surface area contributed by atoms with E-state index in [2.05, 4.69) is 77.7 Å². The Kier molecular flexibility index (Phi) is 5.09. The normalized spacial score (nSPS) is 14.2. The van der Waals surface area contributed by atoms with Gasteiger partial charge in [0, 0.05) is 0 Å². The van der Waals surface area contributed by atoms with Crippen LogP contribution in [0, 0.1) is 11.5 Å². The van der Waals surface area contributed by atoms with Gasteiger partial charge in [0.25, 0.3) is 0 Å². The summed E-state index contributed by atoms with van der Waals surface area (Å²) in [5.41, 5.74) is 3.16. The van der Waals surface area contributed by atoms with Crippen LogP contribution in [0.4, 0.5) is 0 Å². The van der Waals surface area contributed by atoms with Crippen molar-refractivity contribution in [3.8, 4) is 11.5 Å². The Balaban J connectivity index is 4.94. The van der Waals surface area contributed by atoms with Crippen LogP contribution < -0.4 is 0 Å². The molecule has 0 atom stereocenters. The first-order valence-electron chi connectivity index (χ1n) is 6.41. The van der Waals surface area contributed by atoms with E-state index in [0.717, 1.165) is 0 Å². The lowest BCUT2D eigenvalue weighted by atomic mass is 10.2. The third-order valence-electron chi connectivity index (χ3n) is 3.06. The summed E-state index contributed by atoms with van der Waals surface area (Å²) in [6.07, 6.45) is 0. The Bertz CT molecular complexity index is 321. The van der Waals surface area contributed by atoms with Gasteiger partial charge >= 0.3 is 0 Å². The first-order valence-corrected chi connectivity index (χ1v) is 17.3. The predicted molar refractivity (Wildman–Crippen MR) is 87.1 cm³/mol. The van der Waals surface area contributed by atoms with Crippen molar-refractivity contribution in [2.24, 2.45) is 0 Å². The van der Waals surface area contributed by atoms with Gasteiger partial charge in [-0.05, 0) is 26.9 Å². The molecule has 0 radical (unpaired) electrons. The number of hydrogen-bond donors (Lipinski definition) is 0. The Morgan fingerprint density at radius 1 is 0.824 bits per heavy atom. The lowest BCUT2D eigenvalue weighted by Gasteiger charge is -2.40. The Morgan fingerprint density at radius 3 is 1.53 bits per heavy atom. The van der Waals surface area contributed by atoms with Crippen LogP contribution in [0.3, 0.4) is 0 Å². The van der Waals surface area contributed by atoms with Crippen molar-refractivity contribution in [2.75, 3.05) is 0 Å². The molecular formula is C13H30OSi3. The maximum Gasteiger partial charge on any atom is 0.175 e. The molecule has 0 aliphatic rings. The van der Waals surface area contributed by atoms with Crippen molar-refractivity contribution in [3.63, 3.8) is 0 Å². The van der Waals surface area contributed by atoms with Crippen molar-refractivity contribution in [1.29, 1.82) is 0 Å². The maximum absolute atomic E-state index is 6.43. The van der Waals surface area contributed by atoms with E-state index in [4.69, 9.17) is 4.43 Å². The van der Waals surface area contributed by atoms with Gasteiger partial charge in [-0.25, -0.2) is 0 Å². The molecule has 0 N–H and O–H groups in total. The van der Waals surface area contributed by atoms with Gasteiger partial charge in [0.05, 0.1) is 7.59 Å². The molecule has 0 spiro atoms. The summed E-state index contributed by atoms with van der Waals surface area (Å²) in [5.74, 6) is 3.37. The van der Waals surface area contributed by atoms with Crippen LogP contribution in [-0.2, 0) is 4.43 Å². The molecule has 0 aliphatic carbocycles. The Morgan fingerprint density at radius 2 is 1.24 bits per heavy atom. The lowest BCUT2D eigenvalue weighted by molar-refractivity contribution is 0.169. The predicted octanol–water partition coefficient (Wildman–Crippen LogP) is 4.28. The molecule has 0 amide bonds. The molecule has 1 nitrogen and oxygen atoms in total. The summed E-state index contributed by atoms with van der Waals surface area (Å²) in [7, 11) is -4.10. The van der Waals surface area contributed by atoms with Crippen molar-refractivity contribution in [3.05, 3.63) is 0 Å². The van der Waals surface area contributed by atoms with Gasteiger partial charge in [-0.1, -0.05) is 45.2 Å². The third kappa shape index (κ3) is 6.61. The monoisotopic (exact) mass is 286 g/mol. The second kappa shape index (κ2) is 5.04. The highest BCUT2D eigenvalue weighted by Gasteiger charge is 2.42. The minimum Gasteiger partial charge on any atom is -0.405 e. The van der Waals surface area contributed by atoms with E-state index in [1.54, 1.807) is 0 Å². The first-order chi connectivity index (χ1) is 7.16.